The van der Waals surface area contributed by atoms with E-state index in [1.54, 1.807) is 0 Å². The Hall–Kier alpha value is -1.52. The fraction of sp³-hybridized carbons (Fsp3) is 0.885. The Morgan fingerprint density at radius 2 is 0.925 bits per heavy atom. The molecule has 4 fully saturated rings. The van der Waals surface area contributed by atoms with Gasteiger partial charge in [-0.05, 0) is 64.4 Å². The Balaban J connectivity index is 1.64. The second-order valence-corrected chi connectivity index (χ2v) is 22.5. The number of hydrogen-bond acceptors (Lipinski definition) is 18. The molecule has 9 unspecified atom stereocenters. The molecule has 0 saturated carbocycles. The number of esters is 1. The first-order chi connectivity index (χ1) is 38.9. The molecule has 5 rings (SSSR count). The highest BCUT2D eigenvalue weighted by Crippen LogP contribution is 2.41. The molecule has 4 aliphatic heterocycles. The van der Waals surface area contributed by atoms with E-state index in [4.69, 9.17) is 75.6 Å². The lowest BCUT2D eigenvalue weighted by atomic mass is 9.90. The van der Waals surface area contributed by atoms with Gasteiger partial charge in [-0.25, -0.2) is 4.79 Å². The lowest BCUT2D eigenvalue weighted by Gasteiger charge is -2.52. The van der Waals surface area contributed by atoms with Crippen molar-refractivity contribution in [2.24, 2.45) is 11.8 Å². The molecule has 0 aromatic heterocycles. The molecule has 0 bridgehead atoms. The van der Waals surface area contributed by atoms with Gasteiger partial charge in [0, 0.05) is 67.6 Å². The van der Waals surface area contributed by atoms with Gasteiger partial charge in [-0.3, -0.25) is 0 Å². The lowest BCUT2D eigenvalue weighted by molar-refractivity contribution is -0.394. The first kappa shape index (κ1) is 69.3. The summed E-state index contributed by atoms with van der Waals surface area (Å²) in [5.41, 5.74) is 0.781. The molecule has 0 radical (unpaired) electrons. The van der Waals surface area contributed by atoms with Gasteiger partial charge in [0.05, 0.1) is 31.0 Å². The maximum atomic E-state index is 15.2. The molecule has 18 nitrogen and oxygen atoms in total. The number of benzene rings is 1. The second kappa shape index (κ2) is 38.5. The summed E-state index contributed by atoms with van der Waals surface area (Å²) in [6.07, 6.45) is -4.04. The van der Waals surface area contributed by atoms with E-state index < -0.39 is 116 Å². The number of ether oxygens (including phenoxy) is 15. The number of carbonyl (C=O) groups is 1. The van der Waals surface area contributed by atoms with Crippen LogP contribution in [-0.2, 0) is 87.0 Å². The van der Waals surface area contributed by atoms with Crippen LogP contribution in [0.2, 0.25) is 0 Å². The van der Waals surface area contributed by atoms with Crippen LogP contribution in [0.4, 0.5) is 0 Å². The summed E-state index contributed by atoms with van der Waals surface area (Å²) >= 11 is 0. The molecular weight excluding hydrogens is 1050 g/mol. The molecule has 4 saturated heterocycles. The van der Waals surface area contributed by atoms with Crippen molar-refractivity contribution in [1.29, 1.82) is 0 Å². The van der Waals surface area contributed by atoms with Crippen LogP contribution >= 0.6 is 9.47 Å². The summed E-state index contributed by atoms with van der Waals surface area (Å²) in [6.45, 7) is 25.8. The van der Waals surface area contributed by atoms with Crippen molar-refractivity contribution in [2.45, 2.75) is 283 Å². The molecular formula is C61H107O18P. The third kappa shape index (κ3) is 20.6. The highest BCUT2D eigenvalue weighted by Gasteiger charge is 2.59. The van der Waals surface area contributed by atoms with Gasteiger partial charge in [0.1, 0.15) is 61.5 Å². The van der Waals surface area contributed by atoms with E-state index >= 15 is 4.79 Å². The third-order valence-corrected chi connectivity index (χ3v) is 15.8. The van der Waals surface area contributed by atoms with Crippen molar-refractivity contribution in [2.75, 3.05) is 52.9 Å². The standard InChI is InChI=1S/C61H107O18P/c1-12-19-31-64-39-45-50(67-34-22-15-4)48(41(9)58(74-45)79-80)75-60-55(70-37-25-18-7)52(69-36-24-17-6)53(54(77-60)57(63)71-38-44-29-27-26-28-30-44)76-61-56(51(68-35-23-16-5)49(43(11)73-61)66-33-21-14-3)78-59-46(62)40(8)47(42(10)72-59)65-32-20-13-2/h26-30,40-43,45-56,58-62H,12-25,31-39,80H2,1-11H3/t40?,41-,42-,43-,45?,46?,47+,48?,49-,50-,51?,52?,53+,54?,55-,56?,58-,59-,60+,61-/m0/s1. The molecule has 1 N–H and O–H groups in total. The Labute approximate surface area is 483 Å². The van der Waals surface area contributed by atoms with E-state index in [-0.39, 0.29) is 25.2 Å². The number of hydrogen-bond donors (Lipinski definition) is 1. The monoisotopic (exact) mass is 1160 g/mol. The Bertz CT molecular complexity index is 1760. The van der Waals surface area contributed by atoms with Crippen molar-refractivity contribution >= 4 is 15.4 Å². The topological polar surface area (TPSA) is 185 Å². The molecule has 1 aromatic rings. The van der Waals surface area contributed by atoms with Gasteiger partial charge >= 0.3 is 5.97 Å². The fourth-order valence-corrected chi connectivity index (χ4v) is 10.9. The van der Waals surface area contributed by atoms with Crippen molar-refractivity contribution in [3.63, 3.8) is 0 Å². The molecule has 464 valence electrons. The third-order valence-electron chi connectivity index (χ3n) is 15.6. The molecule has 1 aromatic carbocycles. The predicted octanol–water partition coefficient (Wildman–Crippen LogP) is 10.2. The van der Waals surface area contributed by atoms with E-state index in [1.165, 1.54) is 0 Å². The van der Waals surface area contributed by atoms with Gasteiger partial charge in [-0.15, -0.1) is 0 Å². The SMILES string of the molecule is CCCCOCC1O[C@@H](OP)[C@@H](C)C(O[C@@H]2OC(C(=O)OCc3ccccc3)[C@H](O[C@@H]3O[C@@H](C)[C@H](OCCCC)C(OCCCC)C3O[C@@H]3O[C@@H](C)[C@H](OCCCC)C(C)C3O)C(OCCCC)[C@@H]2OCCCC)[C@H]1OCCCC. The minimum Gasteiger partial charge on any atom is -0.459 e. The zero-order valence-corrected chi connectivity index (χ0v) is 51.8. The fourth-order valence-electron chi connectivity index (χ4n) is 10.5. The average molecular weight is 1160 g/mol. The van der Waals surface area contributed by atoms with E-state index in [0.29, 0.717) is 52.7 Å². The quantitative estimate of drug-likeness (QED) is 0.0373. The Morgan fingerprint density at radius 1 is 0.475 bits per heavy atom. The molecule has 0 aliphatic carbocycles. The van der Waals surface area contributed by atoms with Gasteiger partial charge in [0.25, 0.3) is 0 Å². The van der Waals surface area contributed by atoms with Crippen molar-refractivity contribution < 1.29 is 85.5 Å². The Kier molecular flexibility index (Phi) is 33.3. The Morgan fingerprint density at radius 3 is 1.49 bits per heavy atom. The molecule has 4 heterocycles. The number of rotatable bonds is 39. The summed E-state index contributed by atoms with van der Waals surface area (Å²) in [6, 6.07) is 9.47. The molecule has 19 heteroatoms. The van der Waals surface area contributed by atoms with Crippen molar-refractivity contribution in [3.05, 3.63) is 35.9 Å². The smallest absolute Gasteiger partial charge is 0.338 e. The zero-order chi connectivity index (χ0) is 57.8. The zero-order valence-electron chi connectivity index (χ0n) is 50.7. The summed E-state index contributed by atoms with van der Waals surface area (Å²) in [5, 5.41) is 12.1. The minimum atomic E-state index is -1.48. The van der Waals surface area contributed by atoms with Crippen molar-refractivity contribution in [1.82, 2.24) is 0 Å². The normalized spacial score (nSPS) is 34.9. The highest BCUT2D eigenvalue weighted by molar-refractivity contribution is 7.09. The molecule has 0 spiro atoms. The number of aliphatic hydroxyl groups excluding tert-OH is 1. The molecule has 4 aliphatic rings. The van der Waals surface area contributed by atoms with Crippen LogP contribution in [-0.4, -0.2) is 175 Å². The highest BCUT2D eigenvalue weighted by atomic mass is 31.0. The average Bonchev–Trinajstić information content (AvgIpc) is 3.52. The van der Waals surface area contributed by atoms with Crippen LogP contribution in [0.25, 0.3) is 0 Å². The van der Waals surface area contributed by atoms with Gasteiger partial charge in [-0.1, -0.05) is 138 Å². The summed E-state index contributed by atoms with van der Waals surface area (Å²) in [4.78, 5) is 15.2. The van der Waals surface area contributed by atoms with E-state index in [1.807, 2.05) is 58.0 Å². The van der Waals surface area contributed by atoms with Crippen molar-refractivity contribution in [3.8, 4) is 0 Å². The van der Waals surface area contributed by atoms with Gasteiger partial charge in [0.2, 0.25) is 0 Å². The van der Waals surface area contributed by atoms with Crippen LogP contribution in [0.15, 0.2) is 30.3 Å². The minimum absolute atomic E-state index is 0.0456. The van der Waals surface area contributed by atoms with Crippen LogP contribution in [0.3, 0.4) is 0 Å². The first-order valence-corrected chi connectivity index (χ1v) is 31.5. The van der Waals surface area contributed by atoms with Gasteiger partial charge in [-0.2, -0.15) is 0 Å². The van der Waals surface area contributed by atoms with Crippen LogP contribution in [0.5, 0.6) is 0 Å². The predicted molar refractivity (Wildman–Crippen MR) is 306 cm³/mol. The number of unbranched alkanes of at least 4 members (excludes halogenated alkanes) is 7. The maximum absolute atomic E-state index is 15.2. The van der Waals surface area contributed by atoms with E-state index in [2.05, 4.69) is 57.9 Å². The number of aliphatic hydroxyl groups is 1. The summed E-state index contributed by atoms with van der Waals surface area (Å²) in [7, 11) is 2.34. The number of carbonyl (C=O) groups excluding carboxylic acids is 1. The lowest BCUT2D eigenvalue weighted by Crippen LogP contribution is -2.68. The molecule has 0 amide bonds. The summed E-state index contributed by atoms with van der Waals surface area (Å²) < 4.78 is 108. The largest absolute Gasteiger partial charge is 0.459 e. The van der Waals surface area contributed by atoms with E-state index in [0.717, 1.165) is 89.0 Å². The van der Waals surface area contributed by atoms with Gasteiger partial charge < -0.3 is 80.7 Å². The molecule has 21 atom stereocenters. The van der Waals surface area contributed by atoms with Crippen LogP contribution in [0, 0.1) is 11.8 Å². The maximum Gasteiger partial charge on any atom is 0.338 e. The summed E-state index contributed by atoms with van der Waals surface area (Å²) in [5.74, 6) is -1.48. The van der Waals surface area contributed by atoms with E-state index in [9.17, 15) is 5.11 Å². The van der Waals surface area contributed by atoms with Gasteiger partial charge in [0.15, 0.2) is 31.3 Å². The molecule has 80 heavy (non-hydrogen) atoms. The first-order valence-electron chi connectivity index (χ1n) is 31.0. The van der Waals surface area contributed by atoms with Crippen LogP contribution < -0.4 is 0 Å². The van der Waals surface area contributed by atoms with Crippen LogP contribution in [0.1, 0.15) is 172 Å². The second-order valence-electron chi connectivity index (χ2n) is 22.2.